The fourth-order valence-electron chi connectivity index (χ4n) is 2.71. The highest BCUT2D eigenvalue weighted by atomic mass is 16.5. The highest BCUT2D eigenvalue weighted by Gasteiger charge is 2.17. The second kappa shape index (κ2) is 7.81. The van der Waals surface area contributed by atoms with E-state index in [1.165, 1.54) is 0 Å². The molecule has 1 aliphatic heterocycles. The van der Waals surface area contributed by atoms with E-state index < -0.39 is 0 Å². The van der Waals surface area contributed by atoms with Crippen LogP contribution in [0.25, 0.3) is 0 Å². The van der Waals surface area contributed by atoms with E-state index in [-0.39, 0.29) is 11.8 Å². The van der Waals surface area contributed by atoms with E-state index in [9.17, 15) is 9.59 Å². The maximum atomic E-state index is 12.2. The number of hydrogen-bond donors (Lipinski definition) is 2. The lowest BCUT2D eigenvalue weighted by molar-refractivity contribution is -0.134. The van der Waals surface area contributed by atoms with E-state index >= 15 is 0 Å². The lowest BCUT2D eigenvalue weighted by Gasteiger charge is -2.26. The molecule has 2 aromatic rings. The Morgan fingerprint density at radius 2 is 1.72 bits per heavy atom. The average molecular weight is 339 g/mol. The first kappa shape index (κ1) is 17.0. The molecule has 6 heteroatoms. The molecule has 130 valence electrons. The summed E-state index contributed by atoms with van der Waals surface area (Å²) in [4.78, 5) is 26.3. The van der Waals surface area contributed by atoms with Gasteiger partial charge in [0.1, 0.15) is 0 Å². The Hall–Kier alpha value is -2.86. The topological polar surface area (TPSA) is 84.7 Å². The Morgan fingerprint density at radius 1 is 1.04 bits per heavy atom. The smallest absolute Gasteiger partial charge is 0.257 e. The van der Waals surface area contributed by atoms with Gasteiger partial charge in [-0.3, -0.25) is 9.59 Å². The minimum Gasteiger partial charge on any atom is -0.398 e. The number of para-hydroxylation sites is 1. The summed E-state index contributed by atoms with van der Waals surface area (Å²) in [6, 6.07) is 14.2. The predicted molar refractivity (Wildman–Crippen MR) is 96.4 cm³/mol. The van der Waals surface area contributed by atoms with Crippen LogP contribution in [0.5, 0.6) is 0 Å². The lowest BCUT2D eigenvalue weighted by Crippen LogP contribution is -2.41. The van der Waals surface area contributed by atoms with Crippen LogP contribution in [0.4, 0.5) is 11.4 Å². The van der Waals surface area contributed by atoms with Crippen LogP contribution in [0, 0.1) is 0 Å². The molecular weight excluding hydrogens is 318 g/mol. The highest BCUT2D eigenvalue weighted by Crippen LogP contribution is 2.16. The van der Waals surface area contributed by atoms with Crippen molar-refractivity contribution in [3.63, 3.8) is 0 Å². The first-order valence-electron chi connectivity index (χ1n) is 8.24. The molecule has 0 unspecified atom stereocenters. The number of carbonyl (C=O) groups is 2. The SMILES string of the molecule is Nc1ccccc1C(=O)Nc1ccc(CC(=O)N2CCOCC2)cc1. The standard InChI is InChI=1S/C19H21N3O3/c20-17-4-2-1-3-16(17)19(24)21-15-7-5-14(6-8-15)13-18(23)22-9-11-25-12-10-22/h1-8H,9-13,20H2,(H,21,24). The van der Waals surface area contributed by atoms with Gasteiger partial charge in [0.25, 0.3) is 5.91 Å². The minimum atomic E-state index is -0.254. The molecule has 0 radical (unpaired) electrons. The summed E-state index contributed by atoms with van der Waals surface area (Å²) >= 11 is 0. The van der Waals surface area contributed by atoms with Gasteiger partial charge in [0.15, 0.2) is 0 Å². The largest absolute Gasteiger partial charge is 0.398 e. The van der Waals surface area contributed by atoms with E-state index in [0.717, 1.165) is 5.56 Å². The summed E-state index contributed by atoms with van der Waals surface area (Å²) < 4.78 is 5.25. The number of hydrogen-bond acceptors (Lipinski definition) is 4. The molecule has 3 N–H and O–H groups in total. The summed E-state index contributed by atoms with van der Waals surface area (Å²) in [6.07, 6.45) is 0.347. The molecule has 3 rings (SSSR count). The molecule has 0 spiro atoms. The van der Waals surface area contributed by atoms with Gasteiger partial charge in [-0.25, -0.2) is 0 Å². The normalized spacial score (nSPS) is 14.2. The number of nitrogens with one attached hydrogen (secondary N) is 1. The van der Waals surface area contributed by atoms with Crippen molar-refractivity contribution in [2.75, 3.05) is 37.4 Å². The third-order valence-corrected chi connectivity index (χ3v) is 4.14. The second-order valence-corrected chi connectivity index (χ2v) is 5.91. The van der Waals surface area contributed by atoms with Gasteiger partial charge in [-0.15, -0.1) is 0 Å². The molecule has 0 aromatic heterocycles. The highest BCUT2D eigenvalue weighted by molar-refractivity contribution is 6.07. The van der Waals surface area contributed by atoms with Crippen molar-refractivity contribution < 1.29 is 14.3 Å². The van der Waals surface area contributed by atoms with Gasteiger partial charge in [0.05, 0.1) is 25.2 Å². The van der Waals surface area contributed by atoms with Crippen molar-refractivity contribution in [3.05, 3.63) is 59.7 Å². The molecule has 1 aliphatic rings. The third kappa shape index (κ3) is 4.36. The van der Waals surface area contributed by atoms with Crippen molar-refractivity contribution in [1.29, 1.82) is 0 Å². The molecule has 0 aliphatic carbocycles. The van der Waals surface area contributed by atoms with Gasteiger partial charge in [0, 0.05) is 24.5 Å². The average Bonchev–Trinajstić information content (AvgIpc) is 2.64. The zero-order chi connectivity index (χ0) is 17.6. The van der Waals surface area contributed by atoms with Gasteiger partial charge >= 0.3 is 0 Å². The van der Waals surface area contributed by atoms with Crippen LogP contribution >= 0.6 is 0 Å². The first-order chi connectivity index (χ1) is 12.1. The van der Waals surface area contributed by atoms with Crippen LogP contribution in [0.3, 0.4) is 0 Å². The van der Waals surface area contributed by atoms with Crippen molar-refractivity contribution in [2.24, 2.45) is 0 Å². The number of benzene rings is 2. The molecule has 1 saturated heterocycles. The molecule has 1 fully saturated rings. The molecule has 6 nitrogen and oxygen atoms in total. The third-order valence-electron chi connectivity index (χ3n) is 4.14. The quantitative estimate of drug-likeness (QED) is 0.834. The zero-order valence-corrected chi connectivity index (χ0v) is 13.9. The number of amides is 2. The Kier molecular flexibility index (Phi) is 5.30. The molecule has 2 amide bonds. The summed E-state index contributed by atoms with van der Waals surface area (Å²) in [5.41, 5.74) is 8.26. The van der Waals surface area contributed by atoms with E-state index in [4.69, 9.17) is 10.5 Å². The van der Waals surface area contributed by atoms with Crippen LogP contribution in [-0.4, -0.2) is 43.0 Å². The fourth-order valence-corrected chi connectivity index (χ4v) is 2.71. The van der Waals surface area contributed by atoms with E-state index in [0.29, 0.717) is 49.7 Å². The van der Waals surface area contributed by atoms with E-state index in [1.807, 2.05) is 17.0 Å². The molecule has 0 atom stereocenters. The number of ether oxygens (including phenoxy) is 1. The second-order valence-electron chi connectivity index (χ2n) is 5.91. The predicted octanol–water partition coefficient (Wildman–Crippen LogP) is 1.92. The van der Waals surface area contributed by atoms with Gasteiger partial charge < -0.3 is 20.7 Å². The summed E-state index contributed by atoms with van der Waals surface area (Å²) in [7, 11) is 0. The van der Waals surface area contributed by atoms with E-state index in [1.54, 1.807) is 36.4 Å². The maximum Gasteiger partial charge on any atom is 0.257 e. The van der Waals surface area contributed by atoms with Crippen LogP contribution in [0.15, 0.2) is 48.5 Å². The number of nitrogen functional groups attached to an aromatic ring is 1. The minimum absolute atomic E-state index is 0.0946. The monoisotopic (exact) mass is 339 g/mol. The van der Waals surface area contributed by atoms with Crippen molar-refractivity contribution in [1.82, 2.24) is 4.90 Å². The molecule has 2 aromatic carbocycles. The molecule has 25 heavy (non-hydrogen) atoms. The number of morpholine rings is 1. The molecule has 0 saturated carbocycles. The molecule has 0 bridgehead atoms. The van der Waals surface area contributed by atoms with Crippen molar-refractivity contribution in [3.8, 4) is 0 Å². The number of nitrogens with two attached hydrogens (primary N) is 1. The fraction of sp³-hybridized carbons (Fsp3) is 0.263. The van der Waals surface area contributed by atoms with Crippen LogP contribution < -0.4 is 11.1 Å². The summed E-state index contributed by atoms with van der Waals surface area (Å²) in [5, 5.41) is 2.81. The van der Waals surface area contributed by atoms with Crippen LogP contribution in [0.2, 0.25) is 0 Å². The number of carbonyl (C=O) groups excluding carboxylic acids is 2. The van der Waals surface area contributed by atoms with Crippen molar-refractivity contribution in [2.45, 2.75) is 6.42 Å². The Labute approximate surface area is 146 Å². The zero-order valence-electron chi connectivity index (χ0n) is 13.9. The van der Waals surface area contributed by atoms with Crippen LogP contribution in [0.1, 0.15) is 15.9 Å². The van der Waals surface area contributed by atoms with E-state index in [2.05, 4.69) is 5.32 Å². The first-order valence-corrected chi connectivity index (χ1v) is 8.24. The Balaban J connectivity index is 1.59. The Bertz CT molecular complexity index is 753. The van der Waals surface area contributed by atoms with Gasteiger partial charge in [-0.2, -0.15) is 0 Å². The molecule has 1 heterocycles. The number of nitrogens with zero attached hydrogens (tertiary/aromatic N) is 1. The summed E-state index contributed by atoms with van der Waals surface area (Å²) in [5.74, 6) is -0.160. The lowest BCUT2D eigenvalue weighted by atomic mass is 10.1. The van der Waals surface area contributed by atoms with Crippen LogP contribution in [-0.2, 0) is 16.0 Å². The molecular formula is C19H21N3O3. The van der Waals surface area contributed by atoms with Gasteiger partial charge in [-0.1, -0.05) is 24.3 Å². The Morgan fingerprint density at radius 3 is 2.40 bits per heavy atom. The number of rotatable bonds is 4. The van der Waals surface area contributed by atoms with Gasteiger partial charge in [-0.05, 0) is 29.8 Å². The number of anilines is 2. The summed E-state index contributed by atoms with van der Waals surface area (Å²) in [6.45, 7) is 2.48. The maximum absolute atomic E-state index is 12.2. The van der Waals surface area contributed by atoms with Crippen molar-refractivity contribution >= 4 is 23.2 Å². The van der Waals surface area contributed by atoms with Gasteiger partial charge in [0.2, 0.25) is 5.91 Å².